The molecule has 1 atom stereocenters. The smallest absolute Gasteiger partial charge is 0.271 e. The van der Waals surface area contributed by atoms with Crippen molar-refractivity contribution in [3.63, 3.8) is 0 Å². The van der Waals surface area contributed by atoms with Crippen LogP contribution in [0.15, 0.2) is 89.4 Å². The van der Waals surface area contributed by atoms with Gasteiger partial charge >= 0.3 is 0 Å². The Morgan fingerprint density at radius 1 is 0.933 bits per heavy atom. The third kappa shape index (κ3) is 3.52. The van der Waals surface area contributed by atoms with Gasteiger partial charge in [-0.05, 0) is 42.0 Å². The van der Waals surface area contributed by atoms with Gasteiger partial charge in [0, 0.05) is 28.6 Å². The Bertz CT molecular complexity index is 1030. The zero-order valence-corrected chi connectivity index (χ0v) is 20.0. The van der Waals surface area contributed by atoms with Crippen LogP contribution in [0.1, 0.15) is 5.56 Å². The van der Waals surface area contributed by atoms with Gasteiger partial charge in [-0.2, -0.15) is 0 Å². The number of carbonyl (C=O) groups is 1. The third-order valence-electron chi connectivity index (χ3n) is 5.15. The number of amides is 1. The van der Waals surface area contributed by atoms with Crippen LogP contribution in [0.5, 0.6) is 0 Å². The van der Waals surface area contributed by atoms with Crippen LogP contribution in [-0.2, 0) is 10.5 Å². The number of alkyl halides is 2. The van der Waals surface area contributed by atoms with Crippen molar-refractivity contribution in [3.8, 4) is 0 Å². The molecule has 0 N–H and O–H groups in total. The molecule has 154 valence electrons. The van der Waals surface area contributed by atoms with Crippen LogP contribution in [-0.4, -0.2) is 22.3 Å². The fourth-order valence-corrected chi connectivity index (χ4v) is 6.21. The summed E-state index contributed by atoms with van der Waals surface area (Å²) in [6, 6.07) is 27.5. The second-order valence-corrected chi connectivity index (χ2v) is 10.4. The van der Waals surface area contributed by atoms with Gasteiger partial charge in [0.2, 0.25) is 9.33 Å². The number of hydrogen-bond acceptors (Lipinski definition) is 3. The minimum absolute atomic E-state index is 0.337. The first-order valence-electron chi connectivity index (χ1n) is 9.33. The van der Waals surface area contributed by atoms with Crippen LogP contribution < -0.4 is 9.80 Å². The van der Waals surface area contributed by atoms with Gasteiger partial charge in [0.05, 0.1) is 0 Å². The maximum absolute atomic E-state index is 13.1. The number of hydrogen-bond donors (Lipinski definition) is 0. The van der Waals surface area contributed by atoms with Gasteiger partial charge in [0.1, 0.15) is 0 Å². The first-order chi connectivity index (χ1) is 14.4. The lowest BCUT2D eigenvalue weighted by Crippen LogP contribution is -2.82. The molecule has 1 aliphatic rings. The van der Waals surface area contributed by atoms with E-state index in [0.29, 0.717) is 5.75 Å². The molecule has 1 saturated heterocycles. The predicted octanol–water partition coefficient (Wildman–Crippen LogP) is 6.69. The van der Waals surface area contributed by atoms with Gasteiger partial charge in [-0.15, -0.1) is 11.8 Å². The van der Waals surface area contributed by atoms with E-state index in [1.165, 1.54) is 11.8 Å². The van der Waals surface area contributed by atoms with Crippen molar-refractivity contribution in [1.82, 2.24) is 0 Å². The molecule has 3 aromatic rings. The summed E-state index contributed by atoms with van der Waals surface area (Å²) in [6.07, 6.45) is 0. The van der Waals surface area contributed by atoms with E-state index in [2.05, 4.69) is 28.1 Å². The number of halogens is 3. The lowest BCUT2D eigenvalue weighted by atomic mass is 10.0. The van der Waals surface area contributed by atoms with E-state index in [1.54, 1.807) is 4.90 Å². The SMILES string of the molecule is CN(c1ccccc1)C1(SCc2ccccc2)N(c2ccc(Br)cc2)C(=O)C1(Cl)Cl. The average molecular weight is 522 g/mol. The highest BCUT2D eigenvalue weighted by Crippen LogP contribution is 2.60. The first-order valence-corrected chi connectivity index (χ1v) is 11.9. The summed E-state index contributed by atoms with van der Waals surface area (Å²) >= 11 is 18.5. The van der Waals surface area contributed by atoms with Crippen molar-refractivity contribution in [2.45, 2.75) is 15.1 Å². The van der Waals surface area contributed by atoms with Gasteiger partial charge in [0.25, 0.3) is 5.91 Å². The molecule has 1 aliphatic heterocycles. The normalized spacial score (nSPS) is 20.0. The minimum Gasteiger partial charge on any atom is -0.340 e. The maximum Gasteiger partial charge on any atom is 0.271 e. The third-order valence-corrected chi connectivity index (χ3v) is 8.40. The van der Waals surface area contributed by atoms with Crippen molar-refractivity contribution in [2.24, 2.45) is 0 Å². The van der Waals surface area contributed by atoms with Crippen LogP contribution in [0.25, 0.3) is 0 Å². The standard InChI is InChI=1S/C23H19BrCl2N2OS/c1-27(19-10-6-3-7-11-19)23(30-16-17-8-4-2-5-9-17)22(25,26)21(29)28(23)20-14-12-18(24)13-15-20/h2-15H,16H2,1H3. The number of anilines is 2. The summed E-state index contributed by atoms with van der Waals surface area (Å²) in [5, 5.41) is 0. The molecule has 4 rings (SSSR count). The van der Waals surface area contributed by atoms with Crippen LogP contribution in [0.2, 0.25) is 0 Å². The van der Waals surface area contributed by atoms with E-state index < -0.39 is 9.33 Å². The van der Waals surface area contributed by atoms with E-state index in [0.717, 1.165) is 21.4 Å². The molecule has 0 bridgehead atoms. The summed E-state index contributed by atoms with van der Waals surface area (Å²) in [6.45, 7) is 0. The van der Waals surface area contributed by atoms with Crippen LogP contribution >= 0.6 is 50.9 Å². The van der Waals surface area contributed by atoms with Crippen molar-refractivity contribution >= 4 is 68.2 Å². The second kappa shape index (κ2) is 8.46. The summed E-state index contributed by atoms with van der Waals surface area (Å²) in [4.78, 5) is 15.8. The zero-order chi connectivity index (χ0) is 21.4. The number of benzene rings is 3. The van der Waals surface area contributed by atoms with Crippen LogP contribution in [0.3, 0.4) is 0 Å². The van der Waals surface area contributed by atoms with E-state index in [4.69, 9.17) is 23.2 Å². The molecule has 0 saturated carbocycles. The molecule has 3 nitrogen and oxygen atoms in total. The number of rotatable bonds is 6. The van der Waals surface area contributed by atoms with Crippen molar-refractivity contribution < 1.29 is 4.79 Å². The molecule has 0 aromatic heterocycles. The van der Waals surface area contributed by atoms with Crippen LogP contribution in [0, 0.1) is 0 Å². The first kappa shape index (κ1) is 21.6. The highest BCUT2D eigenvalue weighted by Gasteiger charge is 2.74. The molecule has 1 fully saturated rings. The zero-order valence-electron chi connectivity index (χ0n) is 16.1. The summed E-state index contributed by atoms with van der Waals surface area (Å²) in [5.41, 5.74) is 2.78. The molecule has 0 spiro atoms. The molecular weight excluding hydrogens is 503 g/mol. The Morgan fingerprint density at radius 2 is 1.50 bits per heavy atom. The average Bonchev–Trinajstić information content (AvgIpc) is 2.78. The van der Waals surface area contributed by atoms with Crippen molar-refractivity contribution in [3.05, 3.63) is 95.0 Å². The highest BCUT2D eigenvalue weighted by molar-refractivity contribution is 9.10. The Kier molecular flexibility index (Phi) is 6.08. The van der Waals surface area contributed by atoms with E-state index in [-0.39, 0.29) is 5.91 Å². The molecule has 1 unspecified atom stereocenters. The number of nitrogens with zero attached hydrogens (tertiary/aromatic N) is 2. The fourth-order valence-electron chi connectivity index (χ4n) is 3.58. The molecule has 1 amide bonds. The van der Waals surface area contributed by atoms with E-state index >= 15 is 0 Å². The lowest BCUT2D eigenvalue weighted by molar-refractivity contribution is -0.126. The minimum atomic E-state index is -1.62. The quantitative estimate of drug-likeness (QED) is 0.205. The van der Waals surface area contributed by atoms with E-state index in [9.17, 15) is 4.79 Å². The molecular formula is C23H19BrCl2N2OS. The monoisotopic (exact) mass is 520 g/mol. The molecule has 7 heteroatoms. The maximum atomic E-state index is 13.1. The Balaban J connectivity index is 1.81. The molecule has 30 heavy (non-hydrogen) atoms. The Morgan fingerprint density at radius 3 is 2.10 bits per heavy atom. The second-order valence-electron chi connectivity index (χ2n) is 6.97. The van der Waals surface area contributed by atoms with Gasteiger partial charge in [-0.1, -0.05) is 87.7 Å². The number of carbonyl (C=O) groups excluding carboxylic acids is 1. The largest absolute Gasteiger partial charge is 0.340 e. The summed E-state index contributed by atoms with van der Waals surface area (Å²) in [5.74, 6) is 0.302. The molecule has 1 heterocycles. The molecule has 0 radical (unpaired) electrons. The van der Waals surface area contributed by atoms with Crippen molar-refractivity contribution in [1.29, 1.82) is 0 Å². The van der Waals surface area contributed by atoms with Gasteiger partial charge in [0.15, 0.2) is 0 Å². The van der Waals surface area contributed by atoms with Gasteiger partial charge in [-0.3, -0.25) is 9.69 Å². The fraction of sp³-hybridized carbons (Fsp3) is 0.174. The van der Waals surface area contributed by atoms with Crippen molar-refractivity contribution in [2.75, 3.05) is 16.8 Å². The highest BCUT2D eigenvalue weighted by atomic mass is 79.9. The van der Waals surface area contributed by atoms with E-state index in [1.807, 2.05) is 84.7 Å². The lowest BCUT2D eigenvalue weighted by Gasteiger charge is -2.62. The topological polar surface area (TPSA) is 23.6 Å². The van der Waals surface area contributed by atoms with Crippen LogP contribution in [0.4, 0.5) is 11.4 Å². The Labute approximate surface area is 199 Å². The predicted molar refractivity (Wildman–Crippen MR) is 131 cm³/mol. The summed E-state index contributed by atoms with van der Waals surface area (Å²) in [7, 11) is 1.92. The number of para-hydroxylation sites is 1. The molecule has 3 aromatic carbocycles. The number of β-lactam (4-membered cyclic amide) rings is 1. The van der Waals surface area contributed by atoms with Gasteiger partial charge in [-0.25, -0.2) is 0 Å². The van der Waals surface area contributed by atoms with Gasteiger partial charge < -0.3 is 4.90 Å². The molecule has 0 aliphatic carbocycles. The summed E-state index contributed by atoms with van der Waals surface area (Å²) < 4.78 is -0.689. The number of thioether (sulfide) groups is 1. The Hall–Kier alpha value is -1.66.